The summed E-state index contributed by atoms with van der Waals surface area (Å²) >= 11 is 1.05. The van der Waals surface area contributed by atoms with Crippen LogP contribution in [-0.4, -0.2) is 31.8 Å². The topological polar surface area (TPSA) is 104 Å². The van der Waals surface area contributed by atoms with E-state index in [1.807, 2.05) is 0 Å². The van der Waals surface area contributed by atoms with Crippen LogP contribution < -0.4 is 14.2 Å². The summed E-state index contributed by atoms with van der Waals surface area (Å²) in [6, 6.07) is 8.03. The van der Waals surface area contributed by atoms with E-state index in [-0.39, 0.29) is 4.21 Å². The Bertz CT molecular complexity index is 1030. The lowest BCUT2D eigenvalue weighted by atomic mass is 10.3. The highest BCUT2D eigenvalue weighted by Gasteiger charge is 2.21. The smallest absolute Gasteiger partial charge is 0.271 e. The summed E-state index contributed by atoms with van der Waals surface area (Å²) in [5, 5.41) is 7.63. The van der Waals surface area contributed by atoms with Crippen LogP contribution in [0.25, 0.3) is 10.8 Å². The van der Waals surface area contributed by atoms with E-state index in [0.717, 1.165) is 11.3 Å². The van der Waals surface area contributed by atoms with Gasteiger partial charge in [-0.15, -0.1) is 21.5 Å². The average Bonchev–Trinajstić information content (AvgIpc) is 3.23. The Kier molecular flexibility index (Phi) is 3.85. The second-order valence-corrected chi connectivity index (χ2v) is 8.20. The Morgan fingerprint density at radius 1 is 1.08 bits per heavy atom. The number of aromatic nitrogens is 2. The van der Waals surface area contributed by atoms with Gasteiger partial charge in [0.25, 0.3) is 15.9 Å². The Labute approximate surface area is 147 Å². The van der Waals surface area contributed by atoms with Crippen molar-refractivity contribution in [2.45, 2.75) is 11.1 Å². The lowest BCUT2D eigenvalue weighted by Crippen LogP contribution is -2.16. The third kappa shape index (κ3) is 3.17. The molecule has 1 aliphatic heterocycles. The first kappa shape index (κ1) is 15.9. The summed E-state index contributed by atoms with van der Waals surface area (Å²) in [4.78, 5) is 0.586. The molecule has 25 heavy (non-hydrogen) atoms. The molecule has 2 aromatic heterocycles. The van der Waals surface area contributed by atoms with E-state index in [1.54, 1.807) is 31.2 Å². The molecule has 0 radical (unpaired) electrons. The summed E-state index contributed by atoms with van der Waals surface area (Å²) in [5.41, 5.74) is 0.396. The molecule has 0 saturated heterocycles. The second kappa shape index (κ2) is 6.05. The third-order valence-corrected chi connectivity index (χ3v) is 6.32. The van der Waals surface area contributed by atoms with Crippen molar-refractivity contribution in [1.29, 1.82) is 0 Å². The summed E-state index contributed by atoms with van der Waals surface area (Å²) in [5.74, 6) is 1.82. The van der Waals surface area contributed by atoms with E-state index in [4.69, 9.17) is 13.9 Å². The van der Waals surface area contributed by atoms with Crippen molar-refractivity contribution < 1.29 is 22.3 Å². The van der Waals surface area contributed by atoms with Crippen LogP contribution in [-0.2, 0) is 10.0 Å². The molecule has 3 heterocycles. The number of rotatable bonds is 4. The van der Waals surface area contributed by atoms with Gasteiger partial charge in [-0.25, -0.2) is 8.42 Å². The van der Waals surface area contributed by atoms with Crippen LogP contribution in [0.5, 0.6) is 11.5 Å². The average molecular weight is 379 g/mol. The number of ether oxygens (including phenoxy) is 2. The van der Waals surface area contributed by atoms with Gasteiger partial charge in [-0.1, -0.05) is 0 Å². The van der Waals surface area contributed by atoms with Gasteiger partial charge in [0.2, 0.25) is 5.89 Å². The molecule has 1 aliphatic rings. The molecule has 0 aliphatic carbocycles. The number of hydrogen-bond acceptors (Lipinski definition) is 8. The normalized spacial score (nSPS) is 13.6. The number of aryl methyl sites for hydroxylation is 1. The van der Waals surface area contributed by atoms with Crippen LogP contribution >= 0.6 is 11.3 Å². The highest BCUT2D eigenvalue weighted by Crippen LogP contribution is 2.35. The molecule has 3 aromatic rings. The van der Waals surface area contributed by atoms with Crippen LogP contribution in [0, 0.1) is 6.92 Å². The summed E-state index contributed by atoms with van der Waals surface area (Å²) < 4.78 is 44.0. The van der Waals surface area contributed by atoms with Gasteiger partial charge in [0.15, 0.2) is 11.5 Å². The first-order valence-corrected chi connectivity index (χ1v) is 9.64. The lowest BCUT2D eigenvalue weighted by Gasteiger charge is -2.19. The zero-order chi connectivity index (χ0) is 17.4. The zero-order valence-corrected chi connectivity index (χ0v) is 14.7. The summed E-state index contributed by atoms with van der Waals surface area (Å²) in [7, 11) is -3.74. The number of benzene rings is 1. The van der Waals surface area contributed by atoms with Crippen LogP contribution in [0.1, 0.15) is 5.89 Å². The van der Waals surface area contributed by atoms with Crippen molar-refractivity contribution in [3.63, 3.8) is 0 Å². The largest absolute Gasteiger partial charge is 0.486 e. The predicted molar refractivity (Wildman–Crippen MR) is 90.6 cm³/mol. The SMILES string of the molecule is Cc1nnc(-c2ccc(S(=O)(=O)Nc3ccc4c(c3)OCCO4)s2)o1. The van der Waals surface area contributed by atoms with Crippen molar-refractivity contribution in [3.8, 4) is 22.3 Å². The predicted octanol–water partition coefficient (Wildman–Crippen LogP) is 2.68. The lowest BCUT2D eigenvalue weighted by molar-refractivity contribution is 0.171. The third-order valence-electron chi connectivity index (χ3n) is 3.38. The number of nitrogens with zero attached hydrogens (tertiary/aromatic N) is 2. The van der Waals surface area contributed by atoms with E-state index >= 15 is 0 Å². The van der Waals surface area contributed by atoms with Gasteiger partial charge in [0, 0.05) is 13.0 Å². The molecule has 0 bridgehead atoms. The first-order chi connectivity index (χ1) is 12.0. The maximum atomic E-state index is 12.6. The molecule has 8 nitrogen and oxygen atoms in total. The molecule has 0 fully saturated rings. The van der Waals surface area contributed by atoms with Crippen molar-refractivity contribution in [3.05, 3.63) is 36.2 Å². The maximum absolute atomic E-state index is 12.6. The van der Waals surface area contributed by atoms with E-state index in [1.165, 1.54) is 6.07 Å². The van der Waals surface area contributed by atoms with Gasteiger partial charge in [-0.3, -0.25) is 4.72 Å². The maximum Gasteiger partial charge on any atom is 0.271 e. The van der Waals surface area contributed by atoms with E-state index < -0.39 is 10.0 Å². The number of fused-ring (bicyclic) bond motifs is 1. The van der Waals surface area contributed by atoms with Crippen LogP contribution in [0.15, 0.2) is 39.0 Å². The monoisotopic (exact) mass is 379 g/mol. The molecule has 1 N–H and O–H groups in total. The van der Waals surface area contributed by atoms with Crippen molar-refractivity contribution in [2.75, 3.05) is 17.9 Å². The number of anilines is 1. The first-order valence-electron chi connectivity index (χ1n) is 7.34. The molecule has 0 saturated carbocycles. The van der Waals surface area contributed by atoms with Crippen LogP contribution in [0.4, 0.5) is 5.69 Å². The molecule has 130 valence electrons. The van der Waals surface area contributed by atoms with Crippen LogP contribution in [0.3, 0.4) is 0 Å². The number of nitrogens with one attached hydrogen (secondary N) is 1. The van der Waals surface area contributed by atoms with Crippen molar-refractivity contribution in [2.24, 2.45) is 0 Å². The molecule has 1 aromatic carbocycles. The fourth-order valence-electron chi connectivity index (χ4n) is 2.29. The number of sulfonamides is 1. The van der Waals surface area contributed by atoms with Gasteiger partial charge in [-0.2, -0.15) is 0 Å². The molecule has 0 amide bonds. The van der Waals surface area contributed by atoms with Gasteiger partial charge < -0.3 is 13.9 Å². The minimum atomic E-state index is -3.74. The molecule has 10 heteroatoms. The Hall–Kier alpha value is -2.59. The Balaban J connectivity index is 1.59. The number of hydrogen-bond donors (Lipinski definition) is 1. The van der Waals surface area contributed by atoms with Gasteiger partial charge in [0.05, 0.1) is 10.6 Å². The van der Waals surface area contributed by atoms with E-state index in [9.17, 15) is 8.42 Å². The van der Waals surface area contributed by atoms with Gasteiger partial charge >= 0.3 is 0 Å². The van der Waals surface area contributed by atoms with Gasteiger partial charge in [0.1, 0.15) is 17.4 Å². The van der Waals surface area contributed by atoms with Crippen molar-refractivity contribution in [1.82, 2.24) is 10.2 Å². The fourth-order valence-corrected chi connectivity index (χ4v) is 4.56. The quantitative estimate of drug-likeness (QED) is 0.743. The minimum Gasteiger partial charge on any atom is -0.486 e. The molecular weight excluding hydrogens is 366 g/mol. The molecule has 0 spiro atoms. The van der Waals surface area contributed by atoms with Crippen LogP contribution in [0.2, 0.25) is 0 Å². The molecule has 4 rings (SSSR count). The Morgan fingerprint density at radius 3 is 2.64 bits per heavy atom. The number of thiophene rings is 1. The van der Waals surface area contributed by atoms with E-state index in [2.05, 4.69) is 14.9 Å². The van der Waals surface area contributed by atoms with Gasteiger partial charge in [-0.05, 0) is 24.3 Å². The molecule has 0 atom stereocenters. The highest BCUT2D eigenvalue weighted by atomic mass is 32.2. The summed E-state index contributed by atoms with van der Waals surface area (Å²) in [6.07, 6.45) is 0. The highest BCUT2D eigenvalue weighted by molar-refractivity contribution is 7.94. The van der Waals surface area contributed by atoms with E-state index in [0.29, 0.717) is 47.1 Å². The molecular formula is C15H13N3O5S2. The summed E-state index contributed by atoms with van der Waals surface area (Å²) in [6.45, 7) is 2.58. The fraction of sp³-hybridized carbons (Fsp3) is 0.200. The van der Waals surface area contributed by atoms with Crippen molar-refractivity contribution >= 4 is 27.0 Å². The molecule has 0 unspecified atom stereocenters. The second-order valence-electron chi connectivity index (χ2n) is 5.21. The standard InChI is InChI=1S/C15H13N3O5S2/c1-9-16-17-15(23-9)13-4-5-14(24-13)25(19,20)18-10-2-3-11-12(8-10)22-7-6-21-11/h2-5,8,18H,6-7H2,1H3. The Morgan fingerprint density at radius 2 is 1.88 bits per heavy atom. The minimum absolute atomic E-state index is 0.147. The zero-order valence-electron chi connectivity index (χ0n) is 13.1.